The van der Waals surface area contributed by atoms with Crippen LogP contribution in [0.1, 0.15) is 23.7 Å². The fourth-order valence-electron chi connectivity index (χ4n) is 3.26. The molecule has 0 spiro atoms. The Kier molecular flexibility index (Phi) is 6.57. The second-order valence-electron chi connectivity index (χ2n) is 7.31. The minimum Gasteiger partial charge on any atom is -0.340 e. The molecule has 2 aromatic rings. The number of halogens is 2. The zero-order valence-electron chi connectivity index (χ0n) is 16.1. The molecule has 0 radical (unpaired) electrons. The number of imidazole rings is 1. The number of nitrogens with one attached hydrogen (secondary N) is 3. The first-order valence-electron chi connectivity index (χ1n) is 9.14. The Morgan fingerprint density at radius 3 is 2.86 bits per heavy atom. The summed E-state index contributed by atoms with van der Waals surface area (Å²) in [6.07, 6.45) is 4.13. The number of carbonyl (C=O) groups excluding carboxylic acids is 1. The summed E-state index contributed by atoms with van der Waals surface area (Å²) in [5, 5.41) is 2.90. The molecule has 0 bridgehead atoms. The number of aryl methyl sites for hydroxylation is 1. The molecule has 1 aliphatic rings. The lowest BCUT2D eigenvalue weighted by molar-refractivity contribution is 0.0941. The molecular weight excluding hydrogens is 421 g/mol. The van der Waals surface area contributed by atoms with E-state index in [0.717, 1.165) is 13.0 Å². The molecule has 2 unspecified atom stereocenters. The van der Waals surface area contributed by atoms with Crippen LogP contribution in [0.3, 0.4) is 0 Å². The molecule has 1 aromatic carbocycles. The standard InChI is InChI=1S/C18H23ClFN5O3S/c1-11-3-4-21-7-13(11)9-29(27,28)24-23-18(26)14-5-12(6-15(19)17(14)20)16-8-25(2)10-22-16/h5-6,8,10-11,13,21,24H,3-4,7,9H2,1-2H3,(H,23,26). The Morgan fingerprint density at radius 2 is 2.21 bits per heavy atom. The fraction of sp³-hybridized carbons (Fsp3) is 0.444. The first kappa shape index (κ1) is 21.7. The van der Waals surface area contributed by atoms with Gasteiger partial charge in [-0.1, -0.05) is 18.5 Å². The molecule has 2 heterocycles. The van der Waals surface area contributed by atoms with Gasteiger partial charge in [0.25, 0.3) is 5.91 Å². The van der Waals surface area contributed by atoms with E-state index in [-0.39, 0.29) is 28.2 Å². The predicted octanol–water partition coefficient (Wildman–Crippen LogP) is 1.69. The van der Waals surface area contributed by atoms with Crippen LogP contribution in [0.25, 0.3) is 11.3 Å². The highest BCUT2D eigenvalue weighted by Gasteiger charge is 2.27. The van der Waals surface area contributed by atoms with Crippen LogP contribution >= 0.6 is 11.6 Å². The van der Waals surface area contributed by atoms with E-state index in [1.165, 1.54) is 12.1 Å². The van der Waals surface area contributed by atoms with E-state index in [4.69, 9.17) is 11.6 Å². The Hall–Kier alpha value is -2.01. The van der Waals surface area contributed by atoms with E-state index in [1.807, 2.05) is 6.92 Å². The average Bonchev–Trinajstić information content (AvgIpc) is 3.10. The molecule has 1 amide bonds. The molecule has 3 N–H and O–H groups in total. The minimum atomic E-state index is -3.79. The molecule has 1 fully saturated rings. The van der Waals surface area contributed by atoms with Gasteiger partial charge in [0.1, 0.15) is 0 Å². The zero-order valence-corrected chi connectivity index (χ0v) is 17.6. The van der Waals surface area contributed by atoms with E-state index in [9.17, 15) is 17.6 Å². The fourth-order valence-corrected chi connectivity index (χ4v) is 4.82. The molecule has 158 valence electrons. The number of hydrogen-bond acceptors (Lipinski definition) is 5. The van der Waals surface area contributed by atoms with E-state index < -0.39 is 21.7 Å². The lowest BCUT2D eigenvalue weighted by Gasteiger charge is -2.29. The summed E-state index contributed by atoms with van der Waals surface area (Å²) < 4.78 is 40.8. The van der Waals surface area contributed by atoms with E-state index in [2.05, 4.69) is 20.6 Å². The number of rotatable bonds is 6. The monoisotopic (exact) mass is 443 g/mol. The van der Waals surface area contributed by atoms with Gasteiger partial charge in [-0.25, -0.2) is 17.8 Å². The van der Waals surface area contributed by atoms with Gasteiger partial charge in [0.2, 0.25) is 10.0 Å². The van der Waals surface area contributed by atoms with Crippen LogP contribution in [0.2, 0.25) is 5.02 Å². The SMILES string of the molecule is CC1CCNCC1CS(=O)(=O)NNC(=O)c1cc(-c2cn(C)cn2)cc(Cl)c1F. The third kappa shape index (κ3) is 5.33. The van der Waals surface area contributed by atoms with Gasteiger partial charge in [0.05, 0.1) is 28.4 Å². The number of piperidine rings is 1. The molecule has 11 heteroatoms. The summed E-state index contributed by atoms with van der Waals surface area (Å²) in [6, 6.07) is 2.64. The van der Waals surface area contributed by atoms with Gasteiger partial charge in [-0.05, 0) is 43.5 Å². The first-order valence-corrected chi connectivity index (χ1v) is 11.2. The Morgan fingerprint density at radius 1 is 1.45 bits per heavy atom. The lowest BCUT2D eigenvalue weighted by atomic mass is 9.90. The summed E-state index contributed by atoms with van der Waals surface area (Å²) in [4.78, 5) is 18.6. The van der Waals surface area contributed by atoms with Crippen LogP contribution in [0.4, 0.5) is 4.39 Å². The number of aromatic nitrogens is 2. The third-order valence-electron chi connectivity index (χ3n) is 5.01. The van der Waals surface area contributed by atoms with Crippen LogP contribution in [-0.4, -0.2) is 42.7 Å². The van der Waals surface area contributed by atoms with Crippen LogP contribution in [-0.2, 0) is 17.1 Å². The van der Waals surface area contributed by atoms with Gasteiger partial charge in [-0.3, -0.25) is 10.2 Å². The van der Waals surface area contributed by atoms with Crippen LogP contribution in [0, 0.1) is 17.7 Å². The van der Waals surface area contributed by atoms with Crippen molar-refractivity contribution in [1.82, 2.24) is 25.1 Å². The molecule has 1 saturated heterocycles. The minimum absolute atomic E-state index is 0.0724. The summed E-state index contributed by atoms with van der Waals surface area (Å²) >= 11 is 5.92. The summed E-state index contributed by atoms with van der Waals surface area (Å²) in [6.45, 7) is 3.45. The van der Waals surface area contributed by atoms with Gasteiger partial charge in [-0.2, -0.15) is 0 Å². The molecular formula is C18H23ClFN5O3S. The summed E-state index contributed by atoms with van der Waals surface area (Å²) in [5.74, 6) is -1.85. The quantitative estimate of drug-likeness (QED) is 0.589. The molecule has 1 aromatic heterocycles. The van der Waals surface area contributed by atoms with Crippen molar-refractivity contribution in [3.05, 3.63) is 41.1 Å². The Labute approximate surface area is 173 Å². The predicted molar refractivity (Wildman–Crippen MR) is 108 cm³/mol. The highest BCUT2D eigenvalue weighted by atomic mass is 35.5. The van der Waals surface area contributed by atoms with Crippen LogP contribution in [0.15, 0.2) is 24.7 Å². The van der Waals surface area contributed by atoms with Crippen LogP contribution in [0.5, 0.6) is 0 Å². The van der Waals surface area contributed by atoms with Gasteiger partial charge in [0.15, 0.2) is 5.82 Å². The van der Waals surface area contributed by atoms with Crippen molar-refractivity contribution in [3.63, 3.8) is 0 Å². The van der Waals surface area contributed by atoms with E-state index in [1.54, 1.807) is 24.1 Å². The third-order valence-corrected chi connectivity index (χ3v) is 6.57. The lowest BCUT2D eigenvalue weighted by Crippen LogP contribution is -2.47. The molecule has 0 aliphatic carbocycles. The largest absolute Gasteiger partial charge is 0.340 e. The molecule has 2 atom stereocenters. The van der Waals surface area contributed by atoms with Crippen LogP contribution < -0.4 is 15.6 Å². The number of nitrogens with zero attached hydrogens (tertiary/aromatic N) is 2. The normalized spacial score (nSPS) is 19.9. The highest BCUT2D eigenvalue weighted by Crippen LogP contribution is 2.27. The van der Waals surface area contributed by atoms with Gasteiger partial charge in [0, 0.05) is 18.8 Å². The first-order chi connectivity index (χ1) is 13.7. The molecule has 3 rings (SSSR count). The van der Waals surface area contributed by atoms with Crippen molar-refractivity contribution in [2.45, 2.75) is 13.3 Å². The molecule has 29 heavy (non-hydrogen) atoms. The topological polar surface area (TPSA) is 105 Å². The summed E-state index contributed by atoms with van der Waals surface area (Å²) in [5.41, 5.74) is 2.63. The Bertz CT molecular complexity index is 1010. The smallest absolute Gasteiger partial charge is 0.269 e. The highest BCUT2D eigenvalue weighted by molar-refractivity contribution is 7.89. The maximum atomic E-state index is 14.4. The molecule has 8 nitrogen and oxygen atoms in total. The van der Waals surface area contributed by atoms with Gasteiger partial charge in [-0.15, -0.1) is 4.83 Å². The number of sulfonamides is 1. The Balaban J connectivity index is 1.72. The van der Waals surface area contributed by atoms with Crippen molar-refractivity contribution in [1.29, 1.82) is 0 Å². The van der Waals surface area contributed by atoms with Crippen molar-refractivity contribution in [2.75, 3.05) is 18.8 Å². The van der Waals surface area contributed by atoms with Gasteiger partial charge >= 0.3 is 0 Å². The second-order valence-corrected chi connectivity index (χ2v) is 9.49. The number of hydrogen-bond donors (Lipinski definition) is 3. The number of carbonyl (C=O) groups is 1. The molecule has 0 saturated carbocycles. The van der Waals surface area contributed by atoms with Gasteiger partial charge < -0.3 is 9.88 Å². The number of benzene rings is 1. The molecule has 1 aliphatic heterocycles. The number of hydrazine groups is 1. The van der Waals surface area contributed by atoms with Crippen molar-refractivity contribution in [2.24, 2.45) is 18.9 Å². The maximum Gasteiger partial charge on any atom is 0.269 e. The maximum absolute atomic E-state index is 14.4. The van der Waals surface area contributed by atoms with Crippen molar-refractivity contribution >= 4 is 27.5 Å². The summed E-state index contributed by atoms with van der Waals surface area (Å²) in [7, 11) is -2.02. The van der Waals surface area contributed by atoms with Crippen molar-refractivity contribution < 1.29 is 17.6 Å². The van der Waals surface area contributed by atoms with Crippen molar-refractivity contribution in [3.8, 4) is 11.3 Å². The van der Waals surface area contributed by atoms with E-state index in [0.29, 0.717) is 17.8 Å². The zero-order chi connectivity index (χ0) is 21.2. The average molecular weight is 444 g/mol. The van der Waals surface area contributed by atoms with E-state index >= 15 is 0 Å². The second kappa shape index (κ2) is 8.78. The number of amides is 1.